The van der Waals surface area contributed by atoms with Crippen molar-refractivity contribution in [2.75, 3.05) is 13.6 Å². The summed E-state index contributed by atoms with van der Waals surface area (Å²) in [5.41, 5.74) is 6.58. The average molecular weight is 245 g/mol. The molecule has 1 rings (SSSR count). The Morgan fingerprint density at radius 3 is 2.89 bits per heavy atom. The number of nitrogens with zero attached hydrogens (tertiary/aromatic N) is 2. The third-order valence-electron chi connectivity index (χ3n) is 2.89. The zero-order valence-corrected chi connectivity index (χ0v) is 11.1. The first kappa shape index (κ1) is 14.2. The van der Waals surface area contributed by atoms with Crippen LogP contribution in [0.15, 0.2) is 18.5 Å². The Morgan fingerprint density at radius 2 is 2.28 bits per heavy atom. The van der Waals surface area contributed by atoms with Gasteiger partial charge in [0.1, 0.15) is 0 Å². The van der Waals surface area contributed by atoms with Crippen LogP contribution in [0, 0.1) is 11.8 Å². The molecule has 0 spiro atoms. The van der Waals surface area contributed by atoms with Gasteiger partial charge in [-0.1, -0.05) is 18.8 Å². The van der Waals surface area contributed by atoms with Crippen molar-refractivity contribution in [2.45, 2.75) is 26.3 Å². The van der Waals surface area contributed by atoms with Crippen molar-refractivity contribution in [1.29, 1.82) is 0 Å². The van der Waals surface area contributed by atoms with Gasteiger partial charge in [-0.15, -0.1) is 0 Å². The minimum Gasteiger partial charge on any atom is -0.339 e. The summed E-state index contributed by atoms with van der Waals surface area (Å²) in [4.78, 5) is 17.9. The Morgan fingerprint density at radius 1 is 1.56 bits per heavy atom. The second kappa shape index (κ2) is 6.77. The van der Waals surface area contributed by atoms with E-state index >= 15 is 0 Å². The predicted octanol–water partition coefficient (Wildman–Crippen LogP) is 1.26. The van der Waals surface area contributed by atoms with Crippen LogP contribution in [0.5, 0.6) is 0 Å². The molecule has 0 bridgehead atoms. The first-order valence-electron chi connectivity index (χ1n) is 6.01. The van der Waals surface area contributed by atoms with Crippen LogP contribution in [0.25, 0.3) is 0 Å². The molecule has 1 amide bonds. The van der Waals surface area contributed by atoms with E-state index in [0.717, 1.165) is 6.42 Å². The SMILES string of the molecule is CCC(C)N(C)C(=O)c1cncc(C#CCN)c1. The fraction of sp³-hybridized carbons (Fsp3) is 0.429. The summed E-state index contributed by atoms with van der Waals surface area (Å²) in [5, 5.41) is 0. The van der Waals surface area contributed by atoms with E-state index in [1.54, 1.807) is 30.4 Å². The van der Waals surface area contributed by atoms with Crippen molar-refractivity contribution in [3.63, 3.8) is 0 Å². The van der Waals surface area contributed by atoms with Gasteiger partial charge in [-0.05, 0) is 19.4 Å². The molecular weight excluding hydrogens is 226 g/mol. The van der Waals surface area contributed by atoms with E-state index in [9.17, 15) is 4.79 Å². The molecule has 4 nitrogen and oxygen atoms in total. The summed E-state index contributed by atoms with van der Waals surface area (Å²) in [6, 6.07) is 1.95. The summed E-state index contributed by atoms with van der Waals surface area (Å²) >= 11 is 0. The largest absolute Gasteiger partial charge is 0.339 e. The summed E-state index contributed by atoms with van der Waals surface area (Å²) in [7, 11) is 1.80. The number of carbonyl (C=O) groups is 1. The molecular formula is C14H19N3O. The van der Waals surface area contributed by atoms with Crippen LogP contribution in [0.1, 0.15) is 36.2 Å². The molecule has 96 valence electrons. The Hall–Kier alpha value is -1.86. The smallest absolute Gasteiger partial charge is 0.255 e. The maximum Gasteiger partial charge on any atom is 0.255 e. The van der Waals surface area contributed by atoms with E-state index < -0.39 is 0 Å². The lowest BCUT2D eigenvalue weighted by Gasteiger charge is -2.23. The average Bonchev–Trinajstić information content (AvgIpc) is 2.42. The maximum atomic E-state index is 12.2. The van der Waals surface area contributed by atoms with E-state index in [4.69, 9.17) is 5.73 Å². The van der Waals surface area contributed by atoms with E-state index in [0.29, 0.717) is 17.7 Å². The summed E-state index contributed by atoms with van der Waals surface area (Å²) in [6.45, 7) is 4.37. The van der Waals surface area contributed by atoms with Gasteiger partial charge in [-0.25, -0.2) is 0 Å². The highest BCUT2D eigenvalue weighted by Crippen LogP contribution is 2.09. The van der Waals surface area contributed by atoms with Crippen LogP contribution in [-0.2, 0) is 0 Å². The van der Waals surface area contributed by atoms with E-state index in [1.165, 1.54) is 0 Å². The Balaban J connectivity index is 2.93. The molecule has 1 unspecified atom stereocenters. The molecule has 1 atom stereocenters. The highest BCUT2D eigenvalue weighted by atomic mass is 16.2. The fourth-order valence-electron chi connectivity index (χ4n) is 1.46. The lowest BCUT2D eigenvalue weighted by Crippen LogP contribution is -2.34. The third kappa shape index (κ3) is 3.57. The van der Waals surface area contributed by atoms with Gasteiger partial charge in [-0.3, -0.25) is 9.78 Å². The number of hydrogen-bond donors (Lipinski definition) is 1. The Bertz CT molecular complexity index is 473. The van der Waals surface area contributed by atoms with Crippen molar-refractivity contribution in [1.82, 2.24) is 9.88 Å². The van der Waals surface area contributed by atoms with Crippen molar-refractivity contribution >= 4 is 5.91 Å². The topological polar surface area (TPSA) is 59.2 Å². The molecule has 0 aliphatic heterocycles. The maximum absolute atomic E-state index is 12.2. The first-order chi connectivity index (χ1) is 8.60. The zero-order valence-electron chi connectivity index (χ0n) is 11.1. The number of amides is 1. The standard InChI is InChI=1S/C14H19N3O/c1-4-11(2)17(3)14(18)13-8-12(6-5-7-15)9-16-10-13/h8-11H,4,7,15H2,1-3H3. The van der Waals surface area contributed by atoms with Gasteiger partial charge < -0.3 is 10.6 Å². The predicted molar refractivity (Wildman–Crippen MR) is 72.0 cm³/mol. The molecule has 1 heterocycles. The molecule has 1 aromatic heterocycles. The highest BCUT2D eigenvalue weighted by Gasteiger charge is 2.16. The van der Waals surface area contributed by atoms with Crippen LogP contribution in [0.2, 0.25) is 0 Å². The molecule has 0 saturated carbocycles. The van der Waals surface area contributed by atoms with E-state index in [1.807, 2.05) is 6.92 Å². The van der Waals surface area contributed by atoms with Gasteiger partial charge in [0.05, 0.1) is 12.1 Å². The van der Waals surface area contributed by atoms with Crippen molar-refractivity contribution in [3.05, 3.63) is 29.6 Å². The van der Waals surface area contributed by atoms with Crippen molar-refractivity contribution in [2.24, 2.45) is 5.73 Å². The molecule has 4 heteroatoms. The van der Waals surface area contributed by atoms with E-state index in [2.05, 4.69) is 23.7 Å². The number of rotatable bonds is 3. The number of aromatic nitrogens is 1. The molecule has 0 aliphatic rings. The normalized spacial score (nSPS) is 11.3. The van der Waals surface area contributed by atoms with Gasteiger partial charge in [0, 0.05) is 31.0 Å². The minimum atomic E-state index is -0.0340. The van der Waals surface area contributed by atoms with Gasteiger partial charge >= 0.3 is 0 Å². The molecule has 0 aromatic carbocycles. The zero-order chi connectivity index (χ0) is 13.5. The monoisotopic (exact) mass is 245 g/mol. The van der Waals surface area contributed by atoms with Crippen LogP contribution < -0.4 is 5.73 Å². The summed E-state index contributed by atoms with van der Waals surface area (Å²) < 4.78 is 0. The fourth-order valence-corrected chi connectivity index (χ4v) is 1.46. The van der Waals surface area contributed by atoms with Crippen molar-refractivity contribution in [3.8, 4) is 11.8 Å². The number of nitrogens with two attached hydrogens (primary N) is 1. The highest BCUT2D eigenvalue weighted by molar-refractivity contribution is 5.94. The van der Waals surface area contributed by atoms with Gasteiger partial charge in [0.25, 0.3) is 5.91 Å². The first-order valence-corrected chi connectivity index (χ1v) is 6.01. The van der Waals surface area contributed by atoms with Crippen LogP contribution in [-0.4, -0.2) is 35.4 Å². The van der Waals surface area contributed by atoms with Gasteiger partial charge in [0.15, 0.2) is 0 Å². The summed E-state index contributed by atoms with van der Waals surface area (Å²) in [5.74, 6) is 5.59. The Kier molecular flexibility index (Phi) is 5.34. The molecule has 0 saturated heterocycles. The van der Waals surface area contributed by atoms with Crippen LogP contribution in [0.3, 0.4) is 0 Å². The molecule has 1 aromatic rings. The molecule has 0 radical (unpaired) electrons. The second-order valence-corrected chi connectivity index (χ2v) is 4.14. The number of hydrogen-bond acceptors (Lipinski definition) is 3. The quantitative estimate of drug-likeness (QED) is 0.816. The lowest BCUT2D eigenvalue weighted by atomic mass is 10.1. The summed E-state index contributed by atoms with van der Waals surface area (Å²) in [6.07, 6.45) is 4.11. The molecule has 0 aliphatic carbocycles. The molecule has 0 fully saturated rings. The Labute approximate surface area is 108 Å². The third-order valence-corrected chi connectivity index (χ3v) is 2.89. The number of carbonyl (C=O) groups excluding carboxylic acids is 1. The molecule has 18 heavy (non-hydrogen) atoms. The van der Waals surface area contributed by atoms with Gasteiger partial charge in [-0.2, -0.15) is 0 Å². The minimum absolute atomic E-state index is 0.0340. The van der Waals surface area contributed by atoms with Crippen LogP contribution in [0.4, 0.5) is 0 Å². The van der Waals surface area contributed by atoms with E-state index in [-0.39, 0.29) is 11.9 Å². The lowest BCUT2D eigenvalue weighted by molar-refractivity contribution is 0.0740. The second-order valence-electron chi connectivity index (χ2n) is 4.14. The van der Waals surface area contributed by atoms with Crippen LogP contribution >= 0.6 is 0 Å². The van der Waals surface area contributed by atoms with Gasteiger partial charge in [0.2, 0.25) is 0 Å². The number of pyridine rings is 1. The van der Waals surface area contributed by atoms with Crippen molar-refractivity contribution < 1.29 is 4.79 Å². The molecule has 2 N–H and O–H groups in total.